The molecule has 0 spiro atoms. The van der Waals surface area contributed by atoms with Crippen molar-refractivity contribution in [3.8, 4) is 11.1 Å². The van der Waals surface area contributed by atoms with Crippen LogP contribution in [0.15, 0.2) is 103 Å². The fourth-order valence-electron chi connectivity index (χ4n) is 5.37. The van der Waals surface area contributed by atoms with Crippen molar-refractivity contribution in [2.24, 2.45) is 0 Å². The standard InChI is InChI=1S/C36H35N3O5S/c40-15-16-45-23-30-19-34(26-13-11-24(22-41)12-14-26)44-36(43-30)29-8-4-7-28(18-29)27-6-3-5-25(17-27)20-38-35(42)33-21-37-31-9-1-2-10-32(31)39-33/h1-14,17-18,21,30,34,36,40-41H,15-16,19-20,22-23H2,(H,38,42)/t30-,34+,36+/m0/s1. The summed E-state index contributed by atoms with van der Waals surface area (Å²) in [5.41, 5.74) is 7.49. The Kier molecular flexibility index (Phi) is 10.1. The lowest BCUT2D eigenvalue weighted by atomic mass is 9.99. The second-order valence-corrected chi connectivity index (χ2v) is 12.1. The number of carbonyl (C=O) groups excluding carboxylic acids is 1. The fourth-order valence-corrected chi connectivity index (χ4v) is 6.14. The van der Waals surface area contributed by atoms with Crippen molar-refractivity contribution >= 4 is 28.7 Å². The lowest BCUT2D eigenvalue weighted by molar-refractivity contribution is -0.245. The van der Waals surface area contributed by atoms with Crippen LogP contribution in [0.4, 0.5) is 0 Å². The average Bonchev–Trinajstić information content (AvgIpc) is 3.10. The van der Waals surface area contributed by atoms with Gasteiger partial charge in [-0.05, 0) is 52.1 Å². The first-order valence-corrected chi connectivity index (χ1v) is 16.1. The number of aliphatic hydroxyl groups is 2. The maximum absolute atomic E-state index is 12.8. The molecule has 1 fully saturated rings. The molecule has 1 aliphatic heterocycles. The van der Waals surface area contributed by atoms with Crippen LogP contribution in [0.5, 0.6) is 0 Å². The molecule has 0 saturated carbocycles. The summed E-state index contributed by atoms with van der Waals surface area (Å²) in [5, 5.41) is 21.7. The molecule has 8 nitrogen and oxygen atoms in total. The Labute approximate surface area is 266 Å². The molecular formula is C36H35N3O5S. The molecule has 45 heavy (non-hydrogen) atoms. The van der Waals surface area contributed by atoms with Crippen molar-refractivity contribution in [2.75, 3.05) is 18.1 Å². The van der Waals surface area contributed by atoms with Crippen LogP contribution in [-0.4, -0.2) is 50.3 Å². The van der Waals surface area contributed by atoms with Gasteiger partial charge < -0.3 is 25.0 Å². The van der Waals surface area contributed by atoms with Gasteiger partial charge >= 0.3 is 0 Å². The first-order chi connectivity index (χ1) is 22.1. The molecule has 9 heteroatoms. The molecule has 1 amide bonds. The van der Waals surface area contributed by atoms with Crippen molar-refractivity contribution < 1.29 is 24.5 Å². The summed E-state index contributed by atoms with van der Waals surface area (Å²) in [6, 6.07) is 31.5. The lowest BCUT2D eigenvalue weighted by Gasteiger charge is -2.36. The number of aliphatic hydroxyl groups excluding tert-OH is 2. The van der Waals surface area contributed by atoms with Crippen molar-refractivity contribution in [1.82, 2.24) is 15.3 Å². The van der Waals surface area contributed by atoms with E-state index in [2.05, 4.69) is 27.4 Å². The summed E-state index contributed by atoms with van der Waals surface area (Å²) >= 11 is 1.67. The van der Waals surface area contributed by atoms with Gasteiger partial charge in [0.2, 0.25) is 0 Å². The smallest absolute Gasteiger partial charge is 0.271 e. The van der Waals surface area contributed by atoms with Crippen molar-refractivity contribution in [3.63, 3.8) is 0 Å². The van der Waals surface area contributed by atoms with E-state index < -0.39 is 6.29 Å². The van der Waals surface area contributed by atoms with Crippen LogP contribution in [0.3, 0.4) is 0 Å². The summed E-state index contributed by atoms with van der Waals surface area (Å²) in [4.78, 5) is 21.6. The van der Waals surface area contributed by atoms with Gasteiger partial charge in [0.25, 0.3) is 5.91 Å². The Morgan fingerprint density at radius 3 is 2.42 bits per heavy atom. The summed E-state index contributed by atoms with van der Waals surface area (Å²) in [6.45, 7) is 0.475. The quantitative estimate of drug-likeness (QED) is 0.154. The molecule has 0 unspecified atom stereocenters. The van der Waals surface area contributed by atoms with Crippen LogP contribution >= 0.6 is 11.8 Å². The monoisotopic (exact) mass is 621 g/mol. The molecule has 4 aromatic carbocycles. The zero-order valence-corrected chi connectivity index (χ0v) is 25.5. The molecule has 3 N–H and O–H groups in total. The van der Waals surface area contributed by atoms with Crippen molar-refractivity contribution in [1.29, 1.82) is 0 Å². The highest BCUT2D eigenvalue weighted by atomic mass is 32.2. The zero-order valence-electron chi connectivity index (χ0n) is 24.7. The molecule has 0 aliphatic carbocycles. The number of nitrogens with one attached hydrogen (secondary N) is 1. The SMILES string of the molecule is O=C(NCc1cccc(-c2cccc([C@@H]3O[C@H](CSCCO)C[C@H](c4ccc(CO)cc4)O3)c2)c1)c1cnc2ccccc2n1. The second kappa shape index (κ2) is 14.8. The Morgan fingerprint density at radius 1 is 0.844 bits per heavy atom. The van der Waals surface area contributed by atoms with E-state index in [1.165, 1.54) is 6.20 Å². The number of benzene rings is 4. The molecule has 1 aromatic heterocycles. The van der Waals surface area contributed by atoms with Crippen LogP contribution in [0.1, 0.15) is 51.6 Å². The zero-order chi connectivity index (χ0) is 31.0. The van der Waals surface area contributed by atoms with E-state index in [1.54, 1.807) is 11.8 Å². The largest absolute Gasteiger partial charge is 0.396 e. The number of rotatable bonds is 11. The van der Waals surface area contributed by atoms with Crippen LogP contribution in [0.2, 0.25) is 0 Å². The van der Waals surface area contributed by atoms with E-state index in [0.717, 1.165) is 44.7 Å². The number of fused-ring (bicyclic) bond motifs is 1. The van der Waals surface area contributed by atoms with Gasteiger partial charge in [0.05, 0.1) is 42.7 Å². The Balaban J connectivity index is 1.17. The molecule has 0 bridgehead atoms. The third kappa shape index (κ3) is 7.76. The normalized spacial score (nSPS) is 18.1. The molecule has 2 heterocycles. The van der Waals surface area contributed by atoms with E-state index in [4.69, 9.17) is 9.47 Å². The minimum absolute atomic E-state index is 0.00251. The van der Waals surface area contributed by atoms with Crippen LogP contribution < -0.4 is 5.32 Å². The number of ether oxygens (including phenoxy) is 2. The van der Waals surface area contributed by atoms with Gasteiger partial charge in [-0.15, -0.1) is 0 Å². The van der Waals surface area contributed by atoms with E-state index >= 15 is 0 Å². The number of amides is 1. The third-order valence-corrected chi connectivity index (χ3v) is 8.79. The van der Waals surface area contributed by atoms with Crippen LogP contribution in [-0.2, 0) is 22.6 Å². The van der Waals surface area contributed by atoms with Crippen LogP contribution in [0.25, 0.3) is 22.2 Å². The molecular weight excluding hydrogens is 586 g/mol. The molecule has 0 radical (unpaired) electrons. The van der Waals surface area contributed by atoms with Crippen LogP contribution in [0, 0.1) is 0 Å². The predicted molar refractivity (Wildman–Crippen MR) is 175 cm³/mol. The number of thioether (sulfide) groups is 1. The number of aromatic nitrogens is 2. The van der Waals surface area contributed by atoms with E-state index in [0.29, 0.717) is 24.2 Å². The molecule has 6 rings (SSSR count). The fraction of sp³-hybridized carbons (Fsp3) is 0.250. The topological polar surface area (TPSA) is 114 Å². The highest BCUT2D eigenvalue weighted by molar-refractivity contribution is 7.99. The lowest BCUT2D eigenvalue weighted by Crippen LogP contribution is -2.31. The van der Waals surface area contributed by atoms with Gasteiger partial charge in [-0.25, -0.2) is 4.98 Å². The van der Waals surface area contributed by atoms with Gasteiger partial charge in [-0.1, -0.05) is 72.8 Å². The van der Waals surface area contributed by atoms with Gasteiger partial charge in [0.15, 0.2) is 6.29 Å². The first kappa shape index (κ1) is 30.9. The molecule has 5 aromatic rings. The summed E-state index contributed by atoms with van der Waals surface area (Å²) in [5.74, 6) is 1.13. The van der Waals surface area contributed by atoms with Gasteiger partial charge in [-0.3, -0.25) is 9.78 Å². The highest BCUT2D eigenvalue weighted by Gasteiger charge is 2.32. The number of hydrogen-bond donors (Lipinski definition) is 3. The predicted octanol–water partition coefficient (Wildman–Crippen LogP) is 5.99. The van der Waals surface area contributed by atoms with Gasteiger partial charge in [0, 0.05) is 30.0 Å². The summed E-state index contributed by atoms with van der Waals surface area (Å²) in [6.07, 6.45) is 1.42. The number of para-hydroxylation sites is 2. The molecule has 230 valence electrons. The Hall–Kier alpha value is -4.12. The molecule has 1 aliphatic rings. The van der Waals surface area contributed by atoms with Gasteiger partial charge in [-0.2, -0.15) is 11.8 Å². The minimum Gasteiger partial charge on any atom is -0.396 e. The number of carbonyl (C=O) groups is 1. The van der Waals surface area contributed by atoms with Gasteiger partial charge in [0.1, 0.15) is 5.69 Å². The number of nitrogens with zero attached hydrogens (tertiary/aromatic N) is 2. The van der Waals surface area contributed by atoms with Crippen molar-refractivity contribution in [2.45, 2.75) is 38.1 Å². The Bertz CT molecular complexity index is 1750. The maximum Gasteiger partial charge on any atom is 0.271 e. The summed E-state index contributed by atoms with van der Waals surface area (Å²) in [7, 11) is 0. The first-order valence-electron chi connectivity index (χ1n) is 15.0. The second-order valence-electron chi connectivity index (χ2n) is 10.9. The number of hydrogen-bond acceptors (Lipinski definition) is 8. The maximum atomic E-state index is 12.8. The molecule has 1 saturated heterocycles. The summed E-state index contributed by atoms with van der Waals surface area (Å²) < 4.78 is 13.0. The van der Waals surface area contributed by atoms with E-state index in [-0.39, 0.29) is 37.0 Å². The van der Waals surface area contributed by atoms with Crippen molar-refractivity contribution in [3.05, 3.63) is 131 Å². The van der Waals surface area contributed by atoms with E-state index in [1.807, 2.05) is 84.9 Å². The minimum atomic E-state index is -0.563. The Morgan fingerprint density at radius 2 is 1.62 bits per heavy atom. The average molecular weight is 622 g/mol. The molecule has 3 atom stereocenters. The third-order valence-electron chi connectivity index (χ3n) is 7.71. The van der Waals surface area contributed by atoms with E-state index in [9.17, 15) is 15.0 Å². The highest BCUT2D eigenvalue weighted by Crippen LogP contribution is 2.39.